The Kier molecular flexibility index (Phi) is 4.58. The van der Waals surface area contributed by atoms with Crippen LogP contribution in [0.4, 0.5) is 24.7 Å². The van der Waals surface area contributed by atoms with Crippen LogP contribution in [0.3, 0.4) is 0 Å². The Bertz CT molecular complexity index is 386. The number of alkyl halides is 3. The van der Waals surface area contributed by atoms with Gasteiger partial charge in [-0.15, -0.1) is 0 Å². The van der Waals surface area contributed by atoms with Gasteiger partial charge in [-0.1, -0.05) is 0 Å². The van der Waals surface area contributed by atoms with Crippen molar-refractivity contribution in [2.24, 2.45) is 0 Å². The molecule has 0 fully saturated rings. The lowest BCUT2D eigenvalue weighted by molar-refractivity contribution is -0.120. The van der Waals surface area contributed by atoms with E-state index in [0.717, 1.165) is 4.90 Å². The van der Waals surface area contributed by atoms with Crippen molar-refractivity contribution >= 4 is 27.4 Å². The number of rotatable bonds is 4. The molecule has 0 aliphatic heterocycles. The molecule has 0 unspecified atom stereocenters. The van der Waals surface area contributed by atoms with Crippen LogP contribution in [0.2, 0.25) is 0 Å². The lowest BCUT2D eigenvalue weighted by Gasteiger charge is -2.25. The van der Waals surface area contributed by atoms with E-state index in [1.165, 1.54) is 12.3 Å². The fourth-order valence-corrected chi connectivity index (χ4v) is 1.89. The number of nitrogen functional groups attached to an aromatic ring is 1. The Hall–Kier alpha value is -1.02. The molecule has 17 heavy (non-hydrogen) atoms. The topological polar surface area (TPSA) is 62.4 Å². The maximum atomic E-state index is 12.3. The maximum absolute atomic E-state index is 12.3. The minimum absolute atomic E-state index is 0.102. The highest BCUT2D eigenvalue weighted by Gasteiger charge is 2.31. The molecule has 1 rings (SSSR count). The number of aliphatic hydroxyl groups excluding tert-OH is 1. The summed E-state index contributed by atoms with van der Waals surface area (Å²) in [4.78, 5) is 4.76. The normalized spacial score (nSPS) is 11.6. The summed E-state index contributed by atoms with van der Waals surface area (Å²) in [6.07, 6.45) is -3.10. The van der Waals surface area contributed by atoms with Crippen LogP contribution in [0.5, 0.6) is 0 Å². The number of halogens is 4. The molecule has 0 aromatic carbocycles. The largest absolute Gasteiger partial charge is 0.405 e. The van der Waals surface area contributed by atoms with E-state index in [2.05, 4.69) is 20.9 Å². The number of aromatic nitrogens is 1. The number of anilines is 2. The lowest BCUT2D eigenvalue weighted by Crippen LogP contribution is -2.37. The molecule has 0 saturated heterocycles. The Morgan fingerprint density at radius 1 is 1.47 bits per heavy atom. The third kappa shape index (κ3) is 4.39. The summed E-state index contributed by atoms with van der Waals surface area (Å²) < 4.78 is 37.4. The van der Waals surface area contributed by atoms with Crippen LogP contribution in [0.15, 0.2) is 16.7 Å². The Morgan fingerprint density at radius 3 is 2.59 bits per heavy atom. The van der Waals surface area contributed by atoms with Crippen LogP contribution in [-0.2, 0) is 0 Å². The summed E-state index contributed by atoms with van der Waals surface area (Å²) in [7, 11) is 0. The van der Waals surface area contributed by atoms with Crippen molar-refractivity contribution in [1.82, 2.24) is 4.98 Å². The Labute approximate surface area is 104 Å². The zero-order valence-electron chi connectivity index (χ0n) is 8.71. The Morgan fingerprint density at radius 2 is 2.12 bits per heavy atom. The van der Waals surface area contributed by atoms with E-state index in [1.54, 1.807) is 0 Å². The van der Waals surface area contributed by atoms with Gasteiger partial charge in [0, 0.05) is 6.54 Å². The molecule has 1 heterocycles. The van der Waals surface area contributed by atoms with Crippen molar-refractivity contribution in [3.05, 3.63) is 16.7 Å². The number of nitrogens with two attached hydrogens (primary N) is 1. The molecule has 0 aliphatic rings. The zero-order valence-corrected chi connectivity index (χ0v) is 10.3. The van der Waals surface area contributed by atoms with Crippen LogP contribution in [0, 0.1) is 0 Å². The molecular formula is C9H11BrF3N3O. The predicted octanol–water partition coefficient (Wildman–Crippen LogP) is 1.79. The van der Waals surface area contributed by atoms with Gasteiger partial charge in [-0.2, -0.15) is 13.2 Å². The summed E-state index contributed by atoms with van der Waals surface area (Å²) in [5.74, 6) is 0.102. The summed E-state index contributed by atoms with van der Waals surface area (Å²) in [5.41, 5.74) is 5.79. The SMILES string of the molecule is Nc1cnc(N(CCO)CC(F)(F)F)c(Br)c1. The second-order valence-electron chi connectivity index (χ2n) is 3.33. The van der Waals surface area contributed by atoms with Crippen LogP contribution < -0.4 is 10.6 Å². The predicted molar refractivity (Wildman–Crippen MR) is 61.7 cm³/mol. The second kappa shape index (κ2) is 5.54. The first-order valence-corrected chi connectivity index (χ1v) is 5.46. The van der Waals surface area contributed by atoms with Crippen LogP contribution in [0.1, 0.15) is 0 Å². The number of hydrogen-bond acceptors (Lipinski definition) is 4. The highest BCUT2D eigenvalue weighted by atomic mass is 79.9. The molecule has 1 aromatic rings. The average Bonchev–Trinajstić information content (AvgIpc) is 2.14. The molecule has 4 nitrogen and oxygen atoms in total. The van der Waals surface area contributed by atoms with Gasteiger partial charge in [0.1, 0.15) is 12.4 Å². The van der Waals surface area contributed by atoms with Crippen molar-refractivity contribution in [3.8, 4) is 0 Å². The van der Waals surface area contributed by atoms with Crippen molar-refractivity contribution in [2.75, 3.05) is 30.3 Å². The standard InChI is InChI=1S/C9H11BrF3N3O/c10-7-3-6(14)4-15-8(7)16(1-2-17)5-9(11,12)13/h3-4,17H,1-2,5,14H2. The average molecular weight is 314 g/mol. The van der Waals surface area contributed by atoms with E-state index in [4.69, 9.17) is 10.8 Å². The molecule has 8 heteroatoms. The molecule has 0 amide bonds. The molecule has 0 aliphatic carbocycles. The minimum Gasteiger partial charge on any atom is -0.397 e. The van der Waals surface area contributed by atoms with Crippen molar-refractivity contribution < 1.29 is 18.3 Å². The third-order valence-corrected chi connectivity index (χ3v) is 2.47. The molecule has 0 spiro atoms. The van der Waals surface area contributed by atoms with Crippen molar-refractivity contribution in [2.45, 2.75) is 6.18 Å². The molecule has 0 radical (unpaired) electrons. The van der Waals surface area contributed by atoms with E-state index < -0.39 is 19.3 Å². The van der Waals surface area contributed by atoms with Gasteiger partial charge >= 0.3 is 6.18 Å². The Balaban J connectivity index is 2.97. The number of hydrogen-bond donors (Lipinski definition) is 2. The van der Waals surface area contributed by atoms with Crippen LogP contribution >= 0.6 is 15.9 Å². The van der Waals surface area contributed by atoms with Gasteiger partial charge < -0.3 is 15.7 Å². The van der Waals surface area contributed by atoms with E-state index in [9.17, 15) is 13.2 Å². The van der Waals surface area contributed by atoms with E-state index in [1.807, 2.05) is 0 Å². The number of pyridine rings is 1. The highest BCUT2D eigenvalue weighted by Crippen LogP contribution is 2.28. The molecule has 96 valence electrons. The van der Waals surface area contributed by atoms with E-state index >= 15 is 0 Å². The van der Waals surface area contributed by atoms with Gasteiger partial charge in [-0.05, 0) is 22.0 Å². The van der Waals surface area contributed by atoms with Crippen LogP contribution in [0.25, 0.3) is 0 Å². The lowest BCUT2D eigenvalue weighted by atomic mass is 10.3. The van der Waals surface area contributed by atoms with Gasteiger partial charge in [0.15, 0.2) is 0 Å². The summed E-state index contributed by atoms with van der Waals surface area (Å²) in [5, 5.41) is 8.76. The molecule has 1 aromatic heterocycles. The van der Waals surface area contributed by atoms with Crippen molar-refractivity contribution in [3.63, 3.8) is 0 Å². The van der Waals surface area contributed by atoms with Crippen molar-refractivity contribution in [1.29, 1.82) is 0 Å². The van der Waals surface area contributed by atoms with Crippen LogP contribution in [-0.4, -0.2) is 36.0 Å². The van der Waals surface area contributed by atoms with Gasteiger partial charge in [-0.3, -0.25) is 0 Å². The van der Waals surface area contributed by atoms with Gasteiger partial charge in [-0.25, -0.2) is 4.98 Å². The fourth-order valence-electron chi connectivity index (χ4n) is 1.28. The molecule has 3 N–H and O–H groups in total. The highest BCUT2D eigenvalue weighted by molar-refractivity contribution is 9.10. The molecule has 0 bridgehead atoms. The summed E-state index contributed by atoms with van der Waals surface area (Å²) >= 11 is 3.09. The zero-order chi connectivity index (χ0) is 13.1. The van der Waals surface area contributed by atoms with E-state index in [-0.39, 0.29) is 12.4 Å². The first kappa shape index (κ1) is 14.0. The summed E-state index contributed by atoms with van der Waals surface area (Å²) in [6, 6.07) is 1.46. The monoisotopic (exact) mass is 313 g/mol. The maximum Gasteiger partial charge on any atom is 0.405 e. The van der Waals surface area contributed by atoms with Gasteiger partial charge in [0.2, 0.25) is 0 Å². The number of aliphatic hydroxyl groups is 1. The first-order valence-electron chi connectivity index (χ1n) is 4.67. The van der Waals surface area contributed by atoms with E-state index in [0.29, 0.717) is 10.2 Å². The number of nitrogens with zero attached hydrogens (tertiary/aromatic N) is 2. The minimum atomic E-state index is -4.36. The smallest absolute Gasteiger partial charge is 0.397 e. The van der Waals surface area contributed by atoms with Gasteiger partial charge in [0.05, 0.1) is 23.0 Å². The third-order valence-electron chi connectivity index (χ3n) is 1.88. The summed E-state index contributed by atoms with van der Waals surface area (Å²) in [6.45, 7) is -1.73. The molecular weight excluding hydrogens is 303 g/mol. The fraction of sp³-hybridized carbons (Fsp3) is 0.444. The second-order valence-corrected chi connectivity index (χ2v) is 4.19. The first-order chi connectivity index (χ1) is 7.83. The molecule has 0 saturated carbocycles. The van der Waals surface area contributed by atoms with Gasteiger partial charge in [0.25, 0.3) is 0 Å². The quantitative estimate of drug-likeness (QED) is 0.889. The molecule has 0 atom stereocenters.